The van der Waals surface area contributed by atoms with E-state index in [0.717, 1.165) is 40.6 Å². The fourth-order valence-electron chi connectivity index (χ4n) is 2.59. The van der Waals surface area contributed by atoms with Crippen molar-refractivity contribution in [2.75, 3.05) is 18.0 Å². The van der Waals surface area contributed by atoms with Gasteiger partial charge in [0.1, 0.15) is 0 Å². The highest BCUT2D eigenvalue weighted by atomic mass is 79.9. The molecule has 4 heteroatoms. The largest absolute Gasteiger partial charge is 0.478 e. The van der Waals surface area contributed by atoms with E-state index < -0.39 is 5.97 Å². The highest BCUT2D eigenvalue weighted by molar-refractivity contribution is 9.10. The zero-order valence-corrected chi connectivity index (χ0v) is 13.6. The second kappa shape index (κ2) is 6.22. The zero-order chi connectivity index (χ0) is 14.8. The first-order chi connectivity index (χ1) is 10.1. The third-order valence-corrected chi connectivity index (χ3v) is 4.58. The number of carboxylic acids is 1. The predicted molar refractivity (Wildman–Crippen MR) is 88.5 cm³/mol. The van der Waals surface area contributed by atoms with Gasteiger partial charge in [0.25, 0.3) is 0 Å². The van der Waals surface area contributed by atoms with E-state index in [4.69, 9.17) is 5.11 Å². The third-order valence-electron chi connectivity index (χ3n) is 4.09. The van der Waals surface area contributed by atoms with E-state index in [-0.39, 0.29) is 0 Å². The zero-order valence-electron chi connectivity index (χ0n) is 12.0. The van der Waals surface area contributed by atoms with E-state index in [1.54, 1.807) is 6.08 Å². The number of carbonyl (C=O) groups is 1. The van der Waals surface area contributed by atoms with Gasteiger partial charge in [0, 0.05) is 29.3 Å². The lowest BCUT2D eigenvalue weighted by Crippen LogP contribution is -2.28. The maximum absolute atomic E-state index is 10.8. The molecule has 0 aromatic heterocycles. The van der Waals surface area contributed by atoms with E-state index in [9.17, 15) is 4.79 Å². The molecular weight excluding hydrogens is 330 g/mol. The van der Waals surface area contributed by atoms with Crippen LogP contribution in [0.5, 0.6) is 0 Å². The number of nitrogens with zero attached hydrogens (tertiary/aromatic N) is 1. The Morgan fingerprint density at radius 1 is 1.24 bits per heavy atom. The molecule has 2 fully saturated rings. The molecule has 2 aliphatic rings. The first kappa shape index (κ1) is 14.6. The number of rotatable bonds is 7. The van der Waals surface area contributed by atoms with Crippen LogP contribution in [-0.4, -0.2) is 24.2 Å². The Balaban J connectivity index is 1.87. The topological polar surface area (TPSA) is 40.5 Å². The van der Waals surface area contributed by atoms with Crippen molar-refractivity contribution < 1.29 is 9.90 Å². The van der Waals surface area contributed by atoms with Crippen LogP contribution in [0.3, 0.4) is 0 Å². The molecule has 0 amide bonds. The predicted octanol–water partition coefficient (Wildman–Crippen LogP) is 4.17. The monoisotopic (exact) mass is 349 g/mol. The lowest BCUT2D eigenvalue weighted by atomic mass is 10.1. The number of halogens is 1. The highest BCUT2D eigenvalue weighted by Crippen LogP contribution is 2.37. The molecule has 0 atom stereocenters. The van der Waals surface area contributed by atoms with Gasteiger partial charge in [-0.25, -0.2) is 4.79 Å². The lowest BCUT2D eigenvalue weighted by Gasteiger charge is -2.27. The van der Waals surface area contributed by atoms with Crippen LogP contribution in [0.1, 0.15) is 31.2 Å². The second-order valence-electron chi connectivity index (χ2n) is 6.17. The van der Waals surface area contributed by atoms with Gasteiger partial charge in [-0.2, -0.15) is 0 Å². The molecule has 3 rings (SSSR count). The first-order valence-corrected chi connectivity index (χ1v) is 8.36. The Labute approximate surface area is 133 Å². The molecule has 0 aliphatic heterocycles. The van der Waals surface area contributed by atoms with Gasteiger partial charge in [-0.05, 0) is 61.3 Å². The van der Waals surface area contributed by atoms with Gasteiger partial charge in [0.2, 0.25) is 0 Å². The summed E-state index contributed by atoms with van der Waals surface area (Å²) in [4.78, 5) is 13.2. The van der Waals surface area contributed by atoms with Crippen LogP contribution in [0.2, 0.25) is 0 Å². The Hall–Kier alpha value is -1.29. The summed E-state index contributed by atoms with van der Waals surface area (Å²) in [6.07, 6.45) is 8.24. The van der Waals surface area contributed by atoms with Crippen LogP contribution in [0, 0.1) is 11.8 Å². The first-order valence-electron chi connectivity index (χ1n) is 7.57. The lowest BCUT2D eigenvalue weighted by molar-refractivity contribution is -0.131. The van der Waals surface area contributed by atoms with E-state index in [1.165, 1.54) is 31.8 Å². The van der Waals surface area contributed by atoms with Crippen LogP contribution in [0.4, 0.5) is 5.69 Å². The maximum Gasteiger partial charge on any atom is 0.328 e. The van der Waals surface area contributed by atoms with Crippen LogP contribution in [-0.2, 0) is 4.79 Å². The molecule has 2 saturated carbocycles. The highest BCUT2D eigenvalue weighted by Gasteiger charge is 2.30. The summed E-state index contributed by atoms with van der Waals surface area (Å²) >= 11 is 3.54. The normalized spacial score (nSPS) is 18.1. The Morgan fingerprint density at radius 2 is 1.86 bits per heavy atom. The van der Waals surface area contributed by atoms with Crippen LogP contribution in [0.15, 0.2) is 28.7 Å². The van der Waals surface area contributed by atoms with E-state index in [1.807, 2.05) is 12.1 Å². The van der Waals surface area contributed by atoms with Gasteiger partial charge >= 0.3 is 5.97 Å². The molecule has 0 radical (unpaired) electrons. The van der Waals surface area contributed by atoms with Crippen molar-refractivity contribution in [3.63, 3.8) is 0 Å². The van der Waals surface area contributed by atoms with Crippen molar-refractivity contribution in [2.24, 2.45) is 11.8 Å². The summed E-state index contributed by atoms with van der Waals surface area (Å²) in [5, 5.41) is 8.86. The average molecular weight is 350 g/mol. The molecular formula is C17H20BrNO2. The molecule has 112 valence electrons. The van der Waals surface area contributed by atoms with E-state index in [0.29, 0.717) is 0 Å². The van der Waals surface area contributed by atoms with Crippen molar-refractivity contribution in [3.8, 4) is 0 Å². The van der Waals surface area contributed by atoms with Gasteiger partial charge in [0.05, 0.1) is 0 Å². The summed E-state index contributed by atoms with van der Waals surface area (Å²) < 4.78 is 1.04. The molecule has 0 saturated heterocycles. The van der Waals surface area contributed by atoms with Crippen LogP contribution in [0.25, 0.3) is 6.08 Å². The molecule has 2 aliphatic carbocycles. The summed E-state index contributed by atoms with van der Waals surface area (Å²) in [6.45, 7) is 2.20. The number of carboxylic acid groups (broad SMARTS) is 1. The second-order valence-corrected chi connectivity index (χ2v) is 7.08. The number of benzene rings is 1. The number of aliphatic carboxylic acids is 1. The van der Waals surface area contributed by atoms with Gasteiger partial charge in [-0.3, -0.25) is 0 Å². The van der Waals surface area contributed by atoms with Crippen molar-refractivity contribution in [3.05, 3.63) is 34.3 Å². The minimum absolute atomic E-state index is 0.819. The maximum atomic E-state index is 10.8. The average Bonchev–Trinajstić information content (AvgIpc) is 3.31. The molecule has 0 unspecified atom stereocenters. The summed E-state index contributed by atoms with van der Waals surface area (Å²) in [7, 11) is 0. The Bertz CT molecular complexity index is 548. The molecule has 0 bridgehead atoms. The minimum atomic E-state index is -0.903. The standard InChI is InChI=1S/C17H20BrNO2/c18-15-7-5-14(6-8-17(20)21)16(9-15)19(10-12-1-2-12)11-13-3-4-13/h5-9,12-13H,1-4,10-11H2,(H,20,21). The summed E-state index contributed by atoms with van der Waals surface area (Å²) in [5.41, 5.74) is 2.14. The molecule has 1 N–H and O–H groups in total. The fraction of sp³-hybridized carbons (Fsp3) is 0.471. The molecule has 1 aromatic rings. The van der Waals surface area contributed by atoms with Crippen molar-refractivity contribution in [1.82, 2.24) is 0 Å². The van der Waals surface area contributed by atoms with Gasteiger partial charge < -0.3 is 10.0 Å². The third kappa shape index (κ3) is 4.34. The van der Waals surface area contributed by atoms with Crippen molar-refractivity contribution in [1.29, 1.82) is 0 Å². The fourth-order valence-corrected chi connectivity index (χ4v) is 2.94. The van der Waals surface area contributed by atoms with Crippen LogP contribution < -0.4 is 4.90 Å². The molecule has 0 spiro atoms. The number of hydrogen-bond donors (Lipinski definition) is 1. The van der Waals surface area contributed by atoms with Gasteiger partial charge in [0.15, 0.2) is 0 Å². The van der Waals surface area contributed by atoms with E-state index >= 15 is 0 Å². The summed E-state index contributed by atoms with van der Waals surface area (Å²) in [5.74, 6) is 0.734. The van der Waals surface area contributed by atoms with Crippen molar-refractivity contribution >= 4 is 33.7 Å². The molecule has 0 heterocycles. The number of anilines is 1. The smallest absolute Gasteiger partial charge is 0.328 e. The van der Waals surface area contributed by atoms with Crippen molar-refractivity contribution in [2.45, 2.75) is 25.7 Å². The Morgan fingerprint density at radius 3 is 2.38 bits per heavy atom. The van der Waals surface area contributed by atoms with Gasteiger partial charge in [-0.1, -0.05) is 22.0 Å². The number of hydrogen-bond acceptors (Lipinski definition) is 2. The molecule has 1 aromatic carbocycles. The summed E-state index contributed by atoms with van der Waals surface area (Å²) in [6, 6.07) is 6.08. The quantitative estimate of drug-likeness (QED) is 0.751. The molecule has 3 nitrogen and oxygen atoms in total. The minimum Gasteiger partial charge on any atom is -0.478 e. The molecule has 21 heavy (non-hydrogen) atoms. The van der Waals surface area contributed by atoms with E-state index in [2.05, 4.69) is 26.9 Å². The Kier molecular flexibility index (Phi) is 4.34. The van der Waals surface area contributed by atoms with Crippen LogP contribution >= 0.6 is 15.9 Å². The SMILES string of the molecule is O=C(O)C=Cc1ccc(Br)cc1N(CC1CC1)CC1CC1. The van der Waals surface area contributed by atoms with Gasteiger partial charge in [-0.15, -0.1) is 0 Å².